The van der Waals surface area contributed by atoms with Gasteiger partial charge >= 0.3 is 5.69 Å². The first kappa shape index (κ1) is 20.6. The third-order valence-electron chi connectivity index (χ3n) is 3.65. The Labute approximate surface area is 154 Å². The number of nitrogens with zero attached hydrogens (tertiary/aromatic N) is 1. The highest BCUT2D eigenvalue weighted by molar-refractivity contribution is 7.91. The number of hydrogen-bond acceptors (Lipinski definition) is 9. The summed E-state index contributed by atoms with van der Waals surface area (Å²) >= 11 is 0. The Morgan fingerprint density at radius 1 is 1.04 bits per heavy atom. The van der Waals surface area contributed by atoms with Crippen molar-refractivity contribution >= 4 is 37.0 Å². The van der Waals surface area contributed by atoms with Crippen LogP contribution in [0.2, 0.25) is 0 Å². The van der Waals surface area contributed by atoms with Gasteiger partial charge in [-0.25, -0.2) is 8.42 Å². The van der Waals surface area contributed by atoms with Crippen molar-refractivity contribution in [3.8, 4) is 11.1 Å². The van der Waals surface area contributed by atoms with Crippen LogP contribution in [-0.4, -0.2) is 43.8 Å². The Bertz CT molecular complexity index is 1130. The van der Waals surface area contributed by atoms with Gasteiger partial charge in [0.05, 0.1) is 33.4 Å². The summed E-state index contributed by atoms with van der Waals surface area (Å²) in [5.74, 6) is -0.663. The minimum Gasteiger partial charge on any atom is -0.398 e. The molecule has 0 fully saturated rings. The number of nitrogens with two attached hydrogens (primary N) is 2. The molecule has 0 spiro atoms. The Kier molecular flexibility index (Phi) is 5.42. The molecule has 2 aromatic carbocycles. The van der Waals surface area contributed by atoms with Crippen LogP contribution >= 0.6 is 0 Å². The summed E-state index contributed by atoms with van der Waals surface area (Å²) in [4.78, 5) is 9.51. The van der Waals surface area contributed by atoms with Crippen LogP contribution in [0.1, 0.15) is 0 Å². The lowest BCUT2D eigenvalue weighted by molar-refractivity contribution is -0.383. The predicted molar refractivity (Wildman–Crippen MR) is 96.3 cm³/mol. The fourth-order valence-corrected chi connectivity index (χ4v) is 4.24. The first-order chi connectivity index (χ1) is 12.4. The van der Waals surface area contributed by atoms with Crippen LogP contribution in [0.4, 0.5) is 17.1 Å². The van der Waals surface area contributed by atoms with Gasteiger partial charge < -0.3 is 16.6 Å². The summed E-state index contributed by atoms with van der Waals surface area (Å²) in [6.07, 6.45) is 0. The largest absolute Gasteiger partial charge is 0.398 e. The smallest absolute Gasteiger partial charge is 0.301 e. The van der Waals surface area contributed by atoms with Gasteiger partial charge in [0.25, 0.3) is 10.1 Å². The van der Waals surface area contributed by atoms with Gasteiger partial charge in [0.1, 0.15) is 10.6 Å². The lowest BCUT2D eigenvalue weighted by atomic mass is 10.0. The number of sulfone groups is 1. The Morgan fingerprint density at radius 2 is 1.63 bits per heavy atom. The van der Waals surface area contributed by atoms with Crippen LogP contribution in [-0.2, 0) is 20.0 Å². The lowest BCUT2D eigenvalue weighted by Crippen LogP contribution is -2.13. The number of nitrogen functional groups attached to an aromatic ring is 2. The van der Waals surface area contributed by atoms with Crippen LogP contribution in [0.15, 0.2) is 40.1 Å². The minimum absolute atomic E-state index is 0.0874. The van der Waals surface area contributed by atoms with Crippen LogP contribution in [0.25, 0.3) is 11.1 Å². The van der Waals surface area contributed by atoms with E-state index in [4.69, 9.17) is 21.1 Å². The van der Waals surface area contributed by atoms with Gasteiger partial charge in [-0.3, -0.25) is 14.7 Å². The maximum atomic E-state index is 12.1. The van der Waals surface area contributed by atoms with Gasteiger partial charge in [-0.15, -0.1) is 0 Å². The van der Waals surface area contributed by atoms with E-state index < -0.39 is 58.4 Å². The minimum atomic E-state index is -4.59. The monoisotopic (exact) mass is 417 g/mol. The molecule has 0 aromatic heterocycles. The molecule has 2 aromatic rings. The number of aliphatic hydroxyl groups is 1. The first-order valence-electron chi connectivity index (χ1n) is 7.18. The van der Waals surface area contributed by atoms with E-state index >= 15 is 0 Å². The van der Waals surface area contributed by atoms with Crippen molar-refractivity contribution in [1.29, 1.82) is 0 Å². The third kappa shape index (κ3) is 4.00. The summed E-state index contributed by atoms with van der Waals surface area (Å²) in [6.45, 7) is -0.690. The molecule has 0 aliphatic carbocycles. The van der Waals surface area contributed by atoms with Crippen LogP contribution in [0.3, 0.4) is 0 Å². The zero-order valence-corrected chi connectivity index (χ0v) is 15.2. The second-order valence-electron chi connectivity index (χ2n) is 5.40. The second-order valence-corrected chi connectivity index (χ2v) is 8.87. The van der Waals surface area contributed by atoms with Crippen LogP contribution in [0.5, 0.6) is 0 Å². The number of anilines is 2. The molecule has 0 aliphatic rings. The molecule has 6 N–H and O–H groups in total. The van der Waals surface area contributed by atoms with Crippen molar-refractivity contribution in [2.24, 2.45) is 0 Å². The van der Waals surface area contributed by atoms with E-state index in [0.29, 0.717) is 0 Å². The highest BCUT2D eigenvalue weighted by Gasteiger charge is 2.28. The van der Waals surface area contributed by atoms with Crippen molar-refractivity contribution in [3.05, 3.63) is 40.4 Å². The summed E-state index contributed by atoms with van der Waals surface area (Å²) < 4.78 is 55.7. The Hall–Kier alpha value is -2.74. The highest BCUT2D eigenvalue weighted by atomic mass is 32.2. The van der Waals surface area contributed by atoms with Crippen LogP contribution < -0.4 is 11.5 Å². The van der Waals surface area contributed by atoms with Crippen molar-refractivity contribution in [2.75, 3.05) is 23.8 Å². The van der Waals surface area contributed by atoms with Crippen molar-refractivity contribution < 1.29 is 31.4 Å². The number of nitro benzene ring substituents is 1. The topological polar surface area (TPSA) is 204 Å². The fraction of sp³-hybridized carbons (Fsp3) is 0.143. The third-order valence-corrected chi connectivity index (χ3v) is 6.33. The van der Waals surface area contributed by atoms with Gasteiger partial charge in [0, 0.05) is 0 Å². The number of benzene rings is 2. The maximum Gasteiger partial charge on any atom is 0.301 e. The van der Waals surface area contributed by atoms with Crippen molar-refractivity contribution in [2.45, 2.75) is 9.79 Å². The average molecular weight is 417 g/mol. The van der Waals surface area contributed by atoms with Crippen molar-refractivity contribution in [1.82, 2.24) is 0 Å². The molecule has 11 nitrogen and oxygen atoms in total. The van der Waals surface area contributed by atoms with Crippen LogP contribution in [0, 0.1) is 10.1 Å². The number of aliphatic hydroxyl groups excluding tert-OH is 1. The van der Waals surface area contributed by atoms with Gasteiger partial charge in [0.15, 0.2) is 9.84 Å². The van der Waals surface area contributed by atoms with Gasteiger partial charge in [0.2, 0.25) is 0 Å². The maximum absolute atomic E-state index is 12.1. The Morgan fingerprint density at radius 3 is 2.11 bits per heavy atom. The number of rotatable bonds is 6. The molecule has 0 heterocycles. The summed E-state index contributed by atoms with van der Waals surface area (Å²) in [6, 6.07) is 5.36. The van der Waals surface area contributed by atoms with E-state index in [-0.39, 0.29) is 16.8 Å². The quantitative estimate of drug-likeness (QED) is 0.221. The molecule has 0 amide bonds. The SMILES string of the molecule is Nc1cc(-c2ccc(S(=O)(=O)CCO)c(N)c2[N+](=O)[O-])ccc1S(=O)(=O)O. The Balaban J connectivity index is 2.74. The number of nitro groups is 1. The molecular formula is C14H15N3O8S2. The summed E-state index contributed by atoms with van der Waals surface area (Å²) in [5, 5.41) is 20.3. The molecule has 2 rings (SSSR count). The van der Waals surface area contributed by atoms with E-state index in [2.05, 4.69) is 0 Å². The van der Waals surface area contributed by atoms with E-state index in [1.807, 2.05) is 0 Å². The molecule has 0 saturated heterocycles. The molecule has 0 atom stereocenters. The van der Waals surface area contributed by atoms with E-state index in [1.165, 1.54) is 0 Å². The lowest BCUT2D eigenvalue weighted by Gasteiger charge is -2.12. The molecule has 27 heavy (non-hydrogen) atoms. The van der Waals surface area contributed by atoms with Gasteiger partial charge in [-0.05, 0) is 29.8 Å². The highest BCUT2D eigenvalue weighted by Crippen LogP contribution is 2.40. The van der Waals surface area contributed by atoms with E-state index in [0.717, 1.165) is 30.3 Å². The summed E-state index contributed by atoms with van der Waals surface area (Å²) in [7, 11) is -8.63. The normalized spacial score (nSPS) is 12.1. The van der Waals surface area contributed by atoms with Gasteiger partial charge in [-0.2, -0.15) is 8.42 Å². The van der Waals surface area contributed by atoms with Crippen molar-refractivity contribution in [3.63, 3.8) is 0 Å². The van der Waals surface area contributed by atoms with Gasteiger partial charge in [-0.1, -0.05) is 6.07 Å². The molecule has 0 bridgehead atoms. The number of hydrogen-bond donors (Lipinski definition) is 4. The molecule has 0 radical (unpaired) electrons. The van der Waals surface area contributed by atoms with E-state index in [9.17, 15) is 26.9 Å². The molecule has 13 heteroatoms. The molecule has 0 saturated carbocycles. The molecule has 0 aliphatic heterocycles. The fourth-order valence-electron chi connectivity index (χ4n) is 2.47. The second kappa shape index (κ2) is 7.11. The zero-order valence-electron chi connectivity index (χ0n) is 13.6. The molecular weight excluding hydrogens is 402 g/mol. The van der Waals surface area contributed by atoms with E-state index in [1.54, 1.807) is 0 Å². The molecule has 146 valence electrons. The average Bonchev–Trinajstić information content (AvgIpc) is 2.52. The standard InChI is InChI=1S/C14H15N3O8S2/c15-10-7-8(1-3-11(10)27(23,24)25)9-2-4-12(26(21,22)6-5-18)13(16)14(9)17(19)20/h1-4,7,18H,5-6,15-16H2,(H,23,24,25). The zero-order chi connectivity index (χ0) is 20.6. The summed E-state index contributed by atoms with van der Waals surface area (Å²) in [5.41, 5.74) is 9.58. The predicted octanol–water partition coefficient (Wildman–Crippen LogP) is 0.439. The molecule has 0 unspecified atom stereocenters. The first-order valence-corrected chi connectivity index (χ1v) is 10.3.